The third-order valence-corrected chi connectivity index (χ3v) is 5.01. The summed E-state index contributed by atoms with van der Waals surface area (Å²) >= 11 is 2.96. The molecule has 124 valence electrons. The van der Waals surface area contributed by atoms with Crippen molar-refractivity contribution in [1.29, 1.82) is 0 Å². The molecule has 8 heteroatoms. The Morgan fingerprint density at radius 1 is 1.12 bits per heavy atom. The van der Waals surface area contributed by atoms with Crippen molar-refractivity contribution >= 4 is 34.2 Å². The number of nitrogens with two attached hydrogens (primary N) is 2. The van der Waals surface area contributed by atoms with Crippen molar-refractivity contribution in [1.82, 2.24) is 15.0 Å². The van der Waals surface area contributed by atoms with Crippen LogP contribution in [-0.2, 0) is 5.75 Å². The highest BCUT2D eigenvalue weighted by molar-refractivity contribution is 7.98. The molecule has 0 radical (unpaired) electrons. The number of guanidine groups is 1. The first-order chi connectivity index (χ1) is 11.5. The number of hydrogen-bond donors (Lipinski definition) is 2. The second-order valence-corrected chi connectivity index (χ2v) is 7.32. The minimum Gasteiger partial charge on any atom is -0.370 e. The number of nitrogens with zero attached hydrogens (tertiary/aromatic N) is 4. The maximum Gasteiger partial charge on any atom is 0.212 e. The predicted molar refractivity (Wildman–Crippen MR) is 99.9 cm³/mol. The van der Waals surface area contributed by atoms with Gasteiger partial charge in [-0.15, -0.1) is 11.3 Å². The molecule has 3 rings (SSSR count). The van der Waals surface area contributed by atoms with Gasteiger partial charge in [0.25, 0.3) is 0 Å². The summed E-state index contributed by atoms with van der Waals surface area (Å²) < 4.78 is 0. The number of fused-ring (bicyclic) bond motifs is 1. The lowest BCUT2D eigenvalue weighted by molar-refractivity contribution is 0.868. The number of imidazole rings is 1. The molecule has 0 fully saturated rings. The number of thiazole rings is 1. The Morgan fingerprint density at radius 2 is 1.79 bits per heavy atom. The van der Waals surface area contributed by atoms with E-state index in [1.54, 1.807) is 11.8 Å². The van der Waals surface area contributed by atoms with Gasteiger partial charge in [-0.2, -0.15) is 4.99 Å². The van der Waals surface area contributed by atoms with Gasteiger partial charge >= 0.3 is 0 Å². The van der Waals surface area contributed by atoms with Crippen LogP contribution in [0.3, 0.4) is 0 Å². The number of rotatable bonds is 5. The van der Waals surface area contributed by atoms with Crippen LogP contribution in [0.4, 0.5) is 5.13 Å². The molecule has 0 aromatic carbocycles. The number of aliphatic imine (C=N–C) groups is 1. The zero-order valence-electron chi connectivity index (χ0n) is 13.4. The first kappa shape index (κ1) is 16.7. The van der Waals surface area contributed by atoms with Gasteiger partial charge in [-0.05, 0) is 23.6 Å². The lowest BCUT2D eigenvalue weighted by Crippen LogP contribution is -2.21. The van der Waals surface area contributed by atoms with Crippen LogP contribution >= 0.6 is 23.1 Å². The molecule has 4 N–H and O–H groups in total. The zero-order chi connectivity index (χ0) is 17.1. The average molecular weight is 358 g/mol. The highest BCUT2D eigenvalue weighted by atomic mass is 32.2. The molecule has 0 atom stereocenters. The van der Waals surface area contributed by atoms with E-state index in [1.807, 2.05) is 17.5 Å². The van der Waals surface area contributed by atoms with Crippen LogP contribution in [0.1, 0.15) is 31.0 Å². The molecule has 0 saturated carbocycles. The van der Waals surface area contributed by atoms with Gasteiger partial charge in [0.1, 0.15) is 0 Å². The van der Waals surface area contributed by atoms with Gasteiger partial charge in [-0.3, -0.25) is 0 Å². The second kappa shape index (κ2) is 7.14. The van der Waals surface area contributed by atoms with Crippen LogP contribution in [-0.4, -0.2) is 20.9 Å². The van der Waals surface area contributed by atoms with E-state index in [-0.39, 0.29) is 5.96 Å². The van der Waals surface area contributed by atoms with E-state index in [9.17, 15) is 0 Å². The van der Waals surface area contributed by atoms with Crippen LogP contribution in [0, 0.1) is 0 Å². The summed E-state index contributed by atoms with van der Waals surface area (Å²) in [5.41, 5.74) is 14.7. The topological polar surface area (TPSA) is 103 Å². The summed E-state index contributed by atoms with van der Waals surface area (Å²) in [6.45, 7) is 4.35. The summed E-state index contributed by atoms with van der Waals surface area (Å²) in [4.78, 5) is 17.5. The van der Waals surface area contributed by atoms with Crippen LogP contribution in [0.25, 0.3) is 11.4 Å². The fraction of sp³-hybridized carbons (Fsp3) is 0.250. The minimum absolute atomic E-state index is 0.0165. The van der Waals surface area contributed by atoms with Crippen molar-refractivity contribution in [3.8, 4) is 11.4 Å². The maximum absolute atomic E-state index is 5.35. The molecule has 0 unspecified atom stereocenters. The predicted octanol–water partition coefficient (Wildman–Crippen LogP) is 3.36. The Kier molecular flexibility index (Phi) is 4.96. The fourth-order valence-electron chi connectivity index (χ4n) is 2.11. The summed E-state index contributed by atoms with van der Waals surface area (Å²) in [6.07, 6.45) is 0. The molecule has 2 heterocycles. The van der Waals surface area contributed by atoms with Crippen LogP contribution in [0.5, 0.6) is 0 Å². The molecule has 0 saturated heterocycles. The summed E-state index contributed by atoms with van der Waals surface area (Å²) in [6, 6.07) is 8.28. The van der Waals surface area contributed by atoms with E-state index in [4.69, 9.17) is 11.5 Å². The zero-order valence-corrected chi connectivity index (χ0v) is 15.1. The van der Waals surface area contributed by atoms with Crippen molar-refractivity contribution < 1.29 is 0 Å². The van der Waals surface area contributed by atoms with Crippen molar-refractivity contribution in [2.24, 2.45) is 16.5 Å². The Labute approximate surface area is 148 Å². The first-order valence-electron chi connectivity index (χ1n) is 7.46. The van der Waals surface area contributed by atoms with Crippen LogP contribution in [0.2, 0.25) is 0 Å². The Morgan fingerprint density at radius 3 is 2.38 bits per heavy atom. The van der Waals surface area contributed by atoms with Crippen LogP contribution in [0.15, 0.2) is 39.8 Å². The van der Waals surface area contributed by atoms with Crippen molar-refractivity contribution in [2.75, 3.05) is 0 Å². The van der Waals surface area contributed by atoms with Gasteiger partial charge in [0.15, 0.2) is 11.1 Å². The van der Waals surface area contributed by atoms with Gasteiger partial charge in [-0.25, -0.2) is 15.0 Å². The lowest BCUT2D eigenvalue weighted by Gasteiger charge is -1.99. The first-order valence-corrected chi connectivity index (χ1v) is 9.32. The average Bonchev–Trinajstić information content (AvgIpc) is 3.06. The molecule has 0 bridgehead atoms. The summed E-state index contributed by atoms with van der Waals surface area (Å²) in [7, 11) is 0. The third kappa shape index (κ3) is 4.01. The van der Waals surface area contributed by atoms with Gasteiger partial charge in [0.05, 0.1) is 17.1 Å². The molecule has 6 nitrogen and oxygen atoms in total. The molecule has 0 amide bonds. The van der Waals surface area contributed by atoms with Crippen molar-refractivity contribution in [2.45, 2.75) is 30.7 Å². The Hall–Kier alpha value is -2.19. The number of aromatic nitrogens is 3. The van der Waals surface area contributed by atoms with Crippen molar-refractivity contribution in [3.05, 3.63) is 40.9 Å². The van der Waals surface area contributed by atoms with Crippen molar-refractivity contribution in [3.63, 3.8) is 0 Å². The van der Waals surface area contributed by atoms with Gasteiger partial charge in [0.2, 0.25) is 5.13 Å². The molecule has 1 aromatic heterocycles. The monoisotopic (exact) mass is 358 g/mol. The molecular formula is C16H18N6S2. The highest BCUT2D eigenvalue weighted by Crippen LogP contribution is 2.28. The van der Waals surface area contributed by atoms with E-state index in [0.29, 0.717) is 16.8 Å². The van der Waals surface area contributed by atoms with E-state index >= 15 is 0 Å². The Balaban J connectivity index is 1.72. The van der Waals surface area contributed by atoms with Gasteiger partial charge < -0.3 is 11.5 Å². The summed E-state index contributed by atoms with van der Waals surface area (Å²) in [5, 5.41) is 3.25. The SMILES string of the molecule is CC(C)c1ccc2nc(SCc3csc(N=C(N)N)n3)nc-2cc1. The number of hydrogen-bond acceptors (Lipinski definition) is 6. The maximum atomic E-state index is 5.35. The molecule has 0 spiro atoms. The van der Waals surface area contributed by atoms with E-state index < -0.39 is 0 Å². The van der Waals surface area contributed by atoms with Gasteiger partial charge in [-0.1, -0.05) is 37.7 Å². The molecule has 24 heavy (non-hydrogen) atoms. The lowest BCUT2D eigenvalue weighted by atomic mass is 10.1. The largest absolute Gasteiger partial charge is 0.370 e. The Bertz CT molecular complexity index is 805. The molecule has 1 aliphatic carbocycles. The highest BCUT2D eigenvalue weighted by Gasteiger charge is 2.11. The van der Waals surface area contributed by atoms with Crippen LogP contribution < -0.4 is 11.5 Å². The van der Waals surface area contributed by atoms with E-state index in [2.05, 4.69) is 45.9 Å². The standard InChI is InChI=1S/C16H18N6S2/c1-9(2)10-3-5-12-13(6-4-10)21-16(20-12)24-8-11-7-23-15(19-11)22-14(17)18/h3-7,9H,8H2,1-2H3,(H4,17,18,19,22). The minimum atomic E-state index is 0.0165. The second-order valence-electron chi connectivity index (χ2n) is 5.54. The smallest absolute Gasteiger partial charge is 0.212 e. The molecule has 2 aliphatic rings. The summed E-state index contributed by atoms with van der Waals surface area (Å²) in [5.74, 6) is 1.18. The normalized spacial score (nSPS) is 11.1. The molecule has 1 aliphatic heterocycles. The van der Waals surface area contributed by atoms with E-state index in [1.165, 1.54) is 16.9 Å². The number of thioether (sulfide) groups is 1. The molecular weight excluding hydrogens is 340 g/mol. The molecule has 1 aromatic rings. The van der Waals surface area contributed by atoms with Gasteiger partial charge in [0, 0.05) is 11.1 Å². The van der Waals surface area contributed by atoms with E-state index in [0.717, 1.165) is 22.2 Å². The third-order valence-electron chi connectivity index (χ3n) is 3.34. The quantitative estimate of drug-likeness (QED) is 0.412. The fourth-order valence-corrected chi connectivity index (χ4v) is 3.67.